The summed E-state index contributed by atoms with van der Waals surface area (Å²) in [6.45, 7) is 4.37. The van der Waals surface area contributed by atoms with E-state index in [0.717, 1.165) is 9.92 Å². The van der Waals surface area contributed by atoms with Gasteiger partial charge < -0.3 is 0 Å². The predicted octanol–water partition coefficient (Wildman–Crippen LogP) is 3.04. The lowest BCUT2D eigenvalue weighted by Gasteiger charge is -2.06. The molecular weight excluding hydrogens is 244 g/mol. The molecule has 0 aliphatic rings. The topological polar surface area (TPSA) is 63.8 Å². The summed E-state index contributed by atoms with van der Waals surface area (Å²) in [7, 11) is 0. The van der Waals surface area contributed by atoms with Crippen LogP contribution in [0.3, 0.4) is 0 Å². The van der Waals surface area contributed by atoms with Gasteiger partial charge in [0.15, 0.2) is 0 Å². The van der Waals surface area contributed by atoms with Crippen molar-refractivity contribution in [3.05, 3.63) is 42.1 Å². The van der Waals surface area contributed by atoms with Gasteiger partial charge in [-0.25, -0.2) is 15.8 Å². The molecule has 0 amide bonds. The van der Waals surface area contributed by atoms with Crippen molar-refractivity contribution < 1.29 is 0 Å². The Kier molecular flexibility index (Phi) is 4.17. The molecule has 0 bridgehead atoms. The normalized spacial score (nSPS) is 10.7. The van der Waals surface area contributed by atoms with Gasteiger partial charge in [0.05, 0.1) is 0 Å². The quantitative estimate of drug-likeness (QED) is 0.502. The predicted molar refractivity (Wildman–Crippen MR) is 74.5 cm³/mol. The van der Waals surface area contributed by atoms with E-state index in [1.54, 1.807) is 18.0 Å². The number of hydrogen-bond donors (Lipinski definition) is 2. The molecular formula is C13H16N4S. The molecule has 0 unspecified atom stereocenters. The number of rotatable bonds is 4. The molecule has 3 N–H and O–H groups in total. The molecule has 2 aromatic rings. The highest BCUT2D eigenvalue weighted by atomic mass is 32.2. The zero-order valence-corrected chi connectivity index (χ0v) is 11.2. The van der Waals surface area contributed by atoms with Crippen LogP contribution >= 0.6 is 11.8 Å². The van der Waals surface area contributed by atoms with Gasteiger partial charge in [0.1, 0.15) is 5.03 Å². The first kappa shape index (κ1) is 12.9. The van der Waals surface area contributed by atoms with Crippen molar-refractivity contribution in [3.63, 3.8) is 0 Å². The van der Waals surface area contributed by atoms with Crippen LogP contribution in [0.4, 0.5) is 5.95 Å². The lowest BCUT2D eigenvalue weighted by molar-refractivity contribution is 0.865. The highest BCUT2D eigenvalue weighted by molar-refractivity contribution is 7.99. The van der Waals surface area contributed by atoms with Crippen molar-refractivity contribution in [2.75, 3.05) is 5.43 Å². The number of nitrogen functional groups attached to an aromatic ring is 1. The minimum absolute atomic E-state index is 0.429. The molecule has 5 heteroatoms. The molecule has 0 saturated carbocycles. The second-order valence-corrected chi connectivity index (χ2v) is 5.28. The molecule has 0 spiro atoms. The second kappa shape index (κ2) is 5.84. The monoisotopic (exact) mass is 260 g/mol. The molecule has 0 saturated heterocycles. The summed E-state index contributed by atoms with van der Waals surface area (Å²) in [4.78, 5) is 9.39. The van der Waals surface area contributed by atoms with Crippen LogP contribution in [0.15, 0.2) is 46.5 Å². The lowest BCUT2D eigenvalue weighted by atomic mass is 10.0. The molecule has 1 aromatic carbocycles. The Hall–Kier alpha value is -1.59. The van der Waals surface area contributed by atoms with Crippen LogP contribution in [0, 0.1) is 0 Å². The molecule has 1 heterocycles. The van der Waals surface area contributed by atoms with E-state index < -0.39 is 0 Å². The van der Waals surface area contributed by atoms with Gasteiger partial charge in [-0.3, -0.25) is 5.43 Å². The fraction of sp³-hybridized carbons (Fsp3) is 0.231. The third-order valence-corrected chi connectivity index (χ3v) is 3.47. The van der Waals surface area contributed by atoms with Crippen LogP contribution in [0.25, 0.3) is 0 Å². The molecule has 1 aromatic heterocycles. The highest BCUT2D eigenvalue weighted by Crippen LogP contribution is 2.27. The van der Waals surface area contributed by atoms with E-state index in [2.05, 4.69) is 53.5 Å². The minimum atomic E-state index is 0.429. The molecule has 0 fully saturated rings. The first-order chi connectivity index (χ1) is 8.69. The number of hydrazine groups is 1. The minimum Gasteiger partial charge on any atom is -0.292 e. The largest absolute Gasteiger partial charge is 0.292 e. The Morgan fingerprint density at radius 3 is 2.50 bits per heavy atom. The molecule has 0 aliphatic carbocycles. The second-order valence-electron chi connectivity index (χ2n) is 4.19. The van der Waals surface area contributed by atoms with Crippen molar-refractivity contribution in [1.29, 1.82) is 0 Å². The fourth-order valence-corrected chi connectivity index (χ4v) is 2.28. The molecule has 4 nitrogen and oxygen atoms in total. The first-order valence-corrected chi connectivity index (χ1v) is 6.58. The third-order valence-electron chi connectivity index (χ3n) is 2.53. The van der Waals surface area contributed by atoms with Crippen LogP contribution in [-0.4, -0.2) is 9.97 Å². The number of nitrogens with one attached hydrogen (secondary N) is 1. The zero-order valence-electron chi connectivity index (χ0n) is 10.4. The summed E-state index contributed by atoms with van der Waals surface area (Å²) in [5, 5.41) is 0.871. The van der Waals surface area contributed by atoms with E-state index in [1.807, 2.05) is 6.07 Å². The molecule has 0 aliphatic heterocycles. The first-order valence-electron chi connectivity index (χ1n) is 5.76. The van der Waals surface area contributed by atoms with Gasteiger partial charge in [-0.2, -0.15) is 0 Å². The van der Waals surface area contributed by atoms with Gasteiger partial charge in [-0.15, -0.1) is 0 Å². The van der Waals surface area contributed by atoms with Gasteiger partial charge in [-0.05, 0) is 29.7 Å². The van der Waals surface area contributed by atoms with E-state index in [9.17, 15) is 0 Å². The Balaban J connectivity index is 2.13. The van der Waals surface area contributed by atoms with Crippen LogP contribution < -0.4 is 11.3 Å². The number of nitrogens with zero attached hydrogens (tertiary/aromatic N) is 2. The number of aromatic nitrogens is 2. The lowest BCUT2D eigenvalue weighted by Crippen LogP contribution is -2.10. The van der Waals surface area contributed by atoms with Crippen molar-refractivity contribution in [2.45, 2.75) is 29.7 Å². The van der Waals surface area contributed by atoms with Gasteiger partial charge in [0.2, 0.25) is 5.95 Å². The van der Waals surface area contributed by atoms with E-state index in [1.165, 1.54) is 5.56 Å². The fourth-order valence-electron chi connectivity index (χ4n) is 1.51. The van der Waals surface area contributed by atoms with Crippen LogP contribution in [-0.2, 0) is 0 Å². The number of anilines is 1. The van der Waals surface area contributed by atoms with Gasteiger partial charge in [-0.1, -0.05) is 37.7 Å². The maximum Gasteiger partial charge on any atom is 0.238 e. The van der Waals surface area contributed by atoms with Crippen LogP contribution in [0.2, 0.25) is 0 Å². The Bertz CT molecular complexity index is 511. The van der Waals surface area contributed by atoms with Crippen molar-refractivity contribution >= 4 is 17.7 Å². The number of nitrogens with two attached hydrogens (primary N) is 1. The molecule has 0 atom stereocenters. The van der Waals surface area contributed by atoms with E-state index in [0.29, 0.717) is 11.9 Å². The van der Waals surface area contributed by atoms with Crippen molar-refractivity contribution in [3.8, 4) is 0 Å². The average molecular weight is 260 g/mol. The van der Waals surface area contributed by atoms with Crippen LogP contribution in [0.1, 0.15) is 25.3 Å². The van der Waals surface area contributed by atoms with Crippen molar-refractivity contribution in [2.24, 2.45) is 5.84 Å². The third kappa shape index (κ3) is 3.21. The Morgan fingerprint density at radius 2 is 1.89 bits per heavy atom. The van der Waals surface area contributed by atoms with E-state index >= 15 is 0 Å². The standard InChI is InChI=1S/C13H16N4S/c1-9(2)10-3-5-11(6-4-10)18-12-7-8-15-13(16-12)17-14/h3-9H,14H2,1-2H3,(H,15,16,17). The molecule has 0 radical (unpaired) electrons. The van der Waals surface area contributed by atoms with Gasteiger partial charge in [0, 0.05) is 11.1 Å². The molecule has 2 rings (SSSR count). The Labute approximate surface area is 111 Å². The van der Waals surface area contributed by atoms with Gasteiger partial charge in [0.25, 0.3) is 0 Å². The maximum atomic E-state index is 5.28. The summed E-state index contributed by atoms with van der Waals surface area (Å²) < 4.78 is 0. The zero-order chi connectivity index (χ0) is 13.0. The highest BCUT2D eigenvalue weighted by Gasteiger charge is 2.02. The Morgan fingerprint density at radius 1 is 1.17 bits per heavy atom. The SMILES string of the molecule is CC(C)c1ccc(Sc2ccnc(NN)n2)cc1. The molecule has 94 valence electrons. The summed E-state index contributed by atoms with van der Waals surface area (Å²) in [5.74, 6) is 6.26. The van der Waals surface area contributed by atoms with E-state index in [-0.39, 0.29) is 0 Å². The average Bonchev–Trinajstić information content (AvgIpc) is 2.39. The van der Waals surface area contributed by atoms with E-state index in [4.69, 9.17) is 5.84 Å². The summed E-state index contributed by atoms with van der Waals surface area (Å²) in [5.41, 5.74) is 3.78. The number of hydrogen-bond acceptors (Lipinski definition) is 5. The van der Waals surface area contributed by atoms with Crippen molar-refractivity contribution in [1.82, 2.24) is 9.97 Å². The maximum absolute atomic E-state index is 5.28. The summed E-state index contributed by atoms with van der Waals surface area (Å²) in [6.07, 6.45) is 1.69. The number of benzene rings is 1. The van der Waals surface area contributed by atoms with Gasteiger partial charge >= 0.3 is 0 Å². The van der Waals surface area contributed by atoms with Crippen LogP contribution in [0.5, 0.6) is 0 Å². The molecule has 18 heavy (non-hydrogen) atoms. The summed E-state index contributed by atoms with van der Waals surface area (Å²) >= 11 is 1.59. The summed E-state index contributed by atoms with van der Waals surface area (Å²) in [6, 6.07) is 10.4. The smallest absolute Gasteiger partial charge is 0.238 e.